The van der Waals surface area contributed by atoms with E-state index >= 15 is 0 Å². The topological polar surface area (TPSA) is 99.5 Å². The molecule has 3 rings (SSSR count). The maximum atomic E-state index is 12.1. The molecule has 0 atom stereocenters. The van der Waals surface area contributed by atoms with Crippen LogP contribution in [0.3, 0.4) is 0 Å². The summed E-state index contributed by atoms with van der Waals surface area (Å²) in [5.41, 5.74) is 2.35. The van der Waals surface area contributed by atoms with E-state index in [2.05, 4.69) is 15.5 Å². The third-order valence-corrected chi connectivity index (χ3v) is 4.10. The second-order valence-electron chi connectivity index (χ2n) is 5.38. The summed E-state index contributed by atoms with van der Waals surface area (Å²) < 4.78 is 1.23. The molecule has 3 aromatic rings. The van der Waals surface area contributed by atoms with Gasteiger partial charge in [-0.25, -0.2) is 5.43 Å². The smallest absolute Gasteiger partial charge is 0.271 e. The van der Waals surface area contributed by atoms with Gasteiger partial charge in [-0.2, -0.15) is 5.10 Å². The molecule has 0 saturated heterocycles. The van der Waals surface area contributed by atoms with Gasteiger partial charge in [0, 0.05) is 10.6 Å². The van der Waals surface area contributed by atoms with Crippen LogP contribution >= 0.6 is 23.8 Å². The molecule has 0 spiro atoms. The number of hydrogen-bond donors (Lipinski definition) is 3. The van der Waals surface area contributed by atoms with E-state index < -0.39 is 17.3 Å². The number of halogens is 1. The van der Waals surface area contributed by atoms with E-state index in [0.29, 0.717) is 16.3 Å². The molecule has 9 heteroatoms. The molecule has 136 valence electrons. The first-order valence-electron chi connectivity index (χ1n) is 7.70. The average Bonchev–Trinajstić information content (AvgIpc) is 2.65. The first kappa shape index (κ1) is 18.6. The monoisotopic (exact) mass is 400 g/mol. The van der Waals surface area contributed by atoms with Gasteiger partial charge in [-0.15, -0.1) is 0 Å². The predicted molar refractivity (Wildman–Crippen MR) is 105 cm³/mol. The summed E-state index contributed by atoms with van der Waals surface area (Å²) in [5.74, 6) is -0.880. The molecule has 7 nitrogen and oxygen atoms in total. The van der Waals surface area contributed by atoms with E-state index in [-0.39, 0.29) is 10.3 Å². The normalized spacial score (nSPS) is 10.9. The Morgan fingerprint density at radius 2 is 1.96 bits per heavy atom. The Hall–Kier alpha value is -3.23. The fourth-order valence-electron chi connectivity index (χ4n) is 2.32. The number of hydrazone groups is 1. The largest absolute Gasteiger partial charge is 0.494 e. The maximum Gasteiger partial charge on any atom is 0.271 e. The van der Waals surface area contributed by atoms with Gasteiger partial charge in [0.15, 0.2) is 4.77 Å². The van der Waals surface area contributed by atoms with E-state index in [1.807, 2.05) is 0 Å². The van der Waals surface area contributed by atoms with Crippen LogP contribution in [0.5, 0.6) is 5.88 Å². The Morgan fingerprint density at radius 1 is 1.22 bits per heavy atom. The number of amides is 1. The van der Waals surface area contributed by atoms with Crippen molar-refractivity contribution < 1.29 is 9.90 Å². The molecule has 2 aromatic carbocycles. The minimum Gasteiger partial charge on any atom is -0.494 e. The Bertz CT molecular complexity index is 1140. The van der Waals surface area contributed by atoms with Gasteiger partial charge in [-0.05, 0) is 42.5 Å². The average molecular weight is 401 g/mol. The fourth-order valence-corrected chi connectivity index (χ4v) is 2.79. The van der Waals surface area contributed by atoms with Crippen molar-refractivity contribution in [3.63, 3.8) is 0 Å². The molecule has 0 unspecified atom stereocenters. The molecule has 1 aromatic heterocycles. The number of rotatable bonds is 4. The van der Waals surface area contributed by atoms with Crippen molar-refractivity contribution in [3.8, 4) is 11.6 Å². The van der Waals surface area contributed by atoms with Crippen LogP contribution in [0.25, 0.3) is 5.69 Å². The van der Waals surface area contributed by atoms with Gasteiger partial charge < -0.3 is 5.11 Å². The highest BCUT2D eigenvalue weighted by Gasteiger charge is 2.13. The number of carbonyl (C=O) groups is 1. The summed E-state index contributed by atoms with van der Waals surface area (Å²) in [6, 6.07) is 15.0. The van der Waals surface area contributed by atoms with Crippen molar-refractivity contribution in [2.24, 2.45) is 5.10 Å². The van der Waals surface area contributed by atoms with Crippen LogP contribution in [0.4, 0.5) is 0 Å². The number of nitrogens with one attached hydrogen (secondary N) is 2. The Balaban J connectivity index is 1.94. The summed E-state index contributed by atoms with van der Waals surface area (Å²) in [7, 11) is 0. The predicted octanol–water partition coefficient (Wildman–Crippen LogP) is 3.02. The Morgan fingerprint density at radius 3 is 2.67 bits per heavy atom. The molecule has 0 fully saturated rings. The van der Waals surface area contributed by atoms with Crippen molar-refractivity contribution in [2.45, 2.75) is 0 Å². The molecule has 3 N–H and O–H groups in total. The van der Waals surface area contributed by atoms with Crippen LogP contribution in [0.2, 0.25) is 5.02 Å². The van der Waals surface area contributed by atoms with E-state index in [1.54, 1.807) is 54.6 Å². The second kappa shape index (κ2) is 7.98. The van der Waals surface area contributed by atoms with E-state index in [4.69, 9.17) is 23.8 Å². The standard InChI is InChI=1S/C18H13ClN4O3S/c19-12-7-4-8-13(9-12)23-17(26)14(16(25)21-18(23)27)10-20-22-15(24)11-5-2-1-3-6-11/h1-10,26H,(H,22,24)(H,21,25,27). The molecule has 0 aliphatic carbocycles. The van der Waals surface area contributed by atoms with Gasteiger partial charge in [0.25, 0.3) is 11.5 Å². The minimum absolute atomic E-state index is 0.00904. The molecule has 1 amide bonds. The van der Waals surface area contributed by atoms with E-state index in [1.165, 1.54) is 4.57 Å². The summed E-state index contributed by atoms with van der Waals surface area (Å²) in [5, 5.41) is 14.7. The fraction of sp³-hybridized carbons (Fsp3) is 0. The third-order valence-electron chi connectivity index (χ3n) is 3.58. The van der Waals surface area contributed by atoms with Crippen molar-refractivity contribution >= 4 is 35.9 Å². The number of nitrogens with zero attached hydrogens (tertiary/aromatic N) is 2. The highest BCUT2D eigenvalue weighted by atomic mass is 35.5. The molecule has 1 heterocycles. The van der Waals surface area contributed by atoms with Crippen LogP contribution in [0, 0.1) is 4.77 Å². The van der Waals surface area contributed by atoms with Crippen LogP contribution in [0.1, 0.15) is 15.9 Å². The van der Waals surface area contributed by atoms with Crippen molar-refractivity contribution in [1.82, 2.24) is 15.0 Å². The van der Waals surface area contributed by atoms with Crippen molar-refractivity contribution in [2.75, 3.05) is 0 Å². The maximum absolute atomic E-state index is 12.1. The van der Waals surface area contributed by atoms with Gasteiger partial charge in [0.1, 0.15) is 5.56 Å². The van der Waals surface area contributed by atoms with Crippen LogP contribution in [-0.4, -0.2) is 26.8 Å². The molecule has 0 aliphatic heterocycles. The number of carbonyl (C=O) groups excluding carboxylic acids is 1. The highest BCUT2D eigenvalue weighted by molar-refractivity contribution is 7.71. The SMILES string of the molecule is O=C(NN=Cc1c(O)n(-c2cccc(Cl)c2)c(=S)[nH]c1=O)c1ccccc1. The lowest BCUT2D eigenvalue weighted by Gasteiger charge is -2.11. The van der Waals surface area contributed by atoms with E-state index in [9.17, 15) is 14.7 Å². The molecule has 0 saturated carbocycles. The van der Waals surface area contributed by atoms with Gasteiger partial charge >= 0.3 is 0 Å². The number of aromatic amines is 1. The zero-order valence-corrected chi connectivity index (χ0v) is 15.3. The molecular formula is C18H13ClN4O3S. The van der Waals surface area contributed by atoms with Gasteiger partial charge in [0.05, 0.1) is 11.9 Å². The first-order chi connectivity index (χ1) is 13.0. The van der Waals surface area contributed by atoms with E-state index in [0.717, 1.165) is 6.21 Å². The number of H-pyrrole nitrogens is 1. The first-order valence-corrected chi connectivity index (χ1v) is 8.48. The number of aromatic nitrogens is 2. The van der Waals surface area contributed by atoms with Gasteiger partial charge in [-0.1, -0.05) is 35.9 Å². The lowest BCUT2D eigenvalue weighted by atomic mass is 10.2. The summed E-state index contributed by atoms with van der Waals surface area (Å²) in [6.45, 7) is 0. The van der Waals surface area contributed by atoms with Gasteiger partial charge in [0.2, 0.25) is 5.88 Å². The van der Waals surface area contributed by atoms with Crippen LogP contribution in [-0.2, 0) is 0 Å². The third kappa shape index (κ3) is 4.13. The molecule has 0 aliphatic rings. The minimum atomic E-state index is -0.645. The quantitative estimate of drug-likeness (QED) is 0.356. The Kier molecular flexibility index (Phi) is 5.49. The van der Waals surface area contributed by atoms with Crippen LogP contribution < -0.4 is 11.0 Å². The zero-order valence-electron chi connectivity index (χ0n) is 13.7. The molecule has 0 bridgehead atoms. The lowest BCUT2D eigenvalue weighted by Crippen LogP contribution is -2.21. The highest BCUT2D eigenvalue weighted by Crippen LogP contribution is 2.21. The van der Waals surface area contributed by atoms with Gasteiger partial charge in [-0.3, -0.25) is 19.1 Å². The summed E-state index contributed by atoms with van der Waals surface area (Å²) in [4.78, 5) is 26.6. The van der Waals surface area contributed by atoms with Crippen molar-refractivity contribution in [3.05, 3.63) is 85.9 Å². The number of hydrogen-bond acceptors (Lipinski definition) is 5. The van der Waals surface area contributed by atoms with Crippen molar-refractivity contribution in [1.29, 1.82) is 0 Å². The molecular weight excluding hydrogens is 388 g/mol. The summed E-state index contributed by atoms with van der Waals surface area (Å²) in [6.07, 6.45) is 1.05. The van der Waals surface area contributed by atoms with Crippen LogP contribution in [0.15, 0.2) is 64.5 Å². The molecule has 27 heavy (non-hydrogen) atoms. The molecule has 0 radical (unpaired) electrons. The Labute approximate surface area is 163 Å². The lowest BCUT2D eigenvalue weighted by molar-refractivity contribution is 0.0955. The number of benzene rings is 2. The number of aromatic hydroxyl groups is 1. The second-order valence-corrected chi connectivity index (χ2v) is 6.20. The zero-order chi connectivity index (χ0) is 19.4. The summed E-state index contributed by atoms with van der Waals surface area (Å²) >= 11 is 11.1.